The van der Waals surface area contributed by atoms with Crippen molar-refractivity contribution in [2.75, 3.05) is 0 Å². The summed E-state index contributed by atoms with van der Waals surface area (Å²) >= 11 is 3.10. The minimum atomic E-state index is -0.828. The lowest BCUT2D eigenvalue weighted by Crippen LogP contribution is -2.42. The number of imide groups is 1. The van der Waals surface area contributed by atoms with Gasteiger partial charge in [-0.3, -0.25) is 10.1 Å². The van der Waals surface area contributed by atoms with E-state index in [9.17, 15) is 9.59 Å². The maximum Gasteiger partial charge on any atom is 0.318 e. The van der Waals surface area contributed by atoms with Crippen LogP contribution in [0.3, 0.4) is 0 Å². The number of amides is 3. The van der Waals surface area contributed by atoms with E-state index in [2.05, 4.69) is 15.3 Å². The van der Waals surface area contributed by atoms with E-state index in [1.54, 1.807) is 17.7 Å². The van der Waals surface area contributed by atoms with Crippen molar-refractivity contribution in [3.05, 3.63) is 16.8 Å². The number of urea groups is 1. The van der Waals surface area contributed by atoms with E-state index >= 15 is 0 Å². The fraction of sp³-hybridized carbons (Fsp3) is 0.467. The van der Waals surface area contributed by atoms with Gasteiger partial charge in [0.05, 0.1) is 5.25 Å². The first-order chi connectivity index (χ1) is 11.0. The van der Waals surface area contributed by atoms with Crippen LogP contribution >= 0.6 is 23.1 Å². The lowest BCUT2D eigenvalue weighted by molar-refractivity contribution is -0.120. The number of carbonyl (C=O) groups is 2. The topological polar surface area (TPSA) is 98.0 Å². The molecule has 23 heavy (non-hydrogen) atoms. The van der Waals surface area contributed by atoms with Crippen LogP contribution in [0.15, 0.2) is 11.4 Å². The Hall–Kier alpha value is -1.67. The van der Waals surface area contributed by atoms with Crippen LogP contribution in [0.1, 0.15) is 30.7 Å². The SMILES string of the molecule is CC(C)[C@@H](Sc1ncnc2sc3c(c12)CCC3)C(=O)NC(N)=O. The van der Waals surface area contributed by atoms with E-state index in [0.29, 0.717) is 0 Å². The van der Waals surface area contributed by atoms with Gasteiger partial charge in [-0.2, -0.15) is 0 Å². The lowest BCUT2D eigenvalue weighted by atomic mass is 10.1. The molecule has 3 N–H and O–H groups in total. The maximum absolute atomic E-state index is 12.2. The number of nitrogens with one attached hydrogen (secondary N) is 1. The van der Waals surface area contributed by atoms with Gasteiger partial charge >= 0.3 is 6.03 Å². The predicted molar refractivity (Wildman–Crippen MR) is 91.6 cm³/mol. The number of hydrogen-bond acceptors (Lipinski definition) is 6. The van der Waals surface area contributed by atoms with Gasteiger partial charge in [0.25, 0.3) is 0 Å². The molecule has 1 aliphatic rings. The maximum atomic E-state index is 12.2. The fourth-order valence-electron chi connectivity index (χ4n) is 2.79. The molecule has 3 rings (SSSR count). The Bertz CT molecular complexity index is 772. The molecule has 0 unspecified atom stereocenters. The van der Waals surface area contributed by atoms with Crippen molar-refractivity contribution in [1.29, 1.82) is 0 Å². The minimum Gasteiger partial charge on any atom is -0.351 e. The summed E-state index contributed by atoms with van der Waals surface area (Å²) in [4.78, 5) is 34.3. The standard InChI is InChI=1S/C15H18N4O2S2/c1-7(2)11(12(20)19-15(16)21)23-14-10-8-4-3-5-9(8)22-13(10)17-6-18-14/h6-7,11H,3-5H2,1-2H3,(H3,16,19,20,21)/t11-/m1/s1. The van der Waals surface area contributed by atoms with Gasteiger partial charge in [-0.1, -0.05) is 25.6 Å². The molecule has 1 atom stereocenters. The lowest BCUT2D eigenvalue weighted by Gasteiger charge is -2.18. The van der Waals surface area contributed by atoms with Crippen molar-refractivity contribution in [1.82, 2.24) is 15.3 Å². The smallest absolute Gasteiger partial charge is 0.318 e. The number of aromatic nitrogens is 2. The number of nitrogens with zero attached hydrogens (tertiary/aromatic N) is 2. The van der Waals surface area contributed by atoms with Gasteiger partial charge in [0.15, 0.2) is 0 Å². The molecular weight excluding hydrogens is 332 g/mol. The van der Waals surface area contributed by atoms with Gasteiger partial charge in [-0.25, -0.2) is 14.8 Å². The summed E-state index contributed by atoms with van der Waals surface area (Å²) in [6.45, 7) is 3.88. The molecule has 0 saturated carbocycles. The largest absolute Gasteiger partial charge is 0.351 e. The molecule has 3 amide bonds. The van der Waals surface area contributed by atoms with Gasteiger partial charge in [0, 0.05) is 10.3 Å². The number of thioether (sulfide) groups is 1. The van der Waals surface area contributed by atoms with E-state index < -0.39 is 11.3 Å². The van der Waals surface area contributed by atoms with Crippen LogP contribution in [0.4, 0.5) is 4.79 Å². The van der Waals surface area contributed by atoms with Crippen molar-refractivity contribution in [3.63, 3.8) is 0 Å². The predicted octanol–water partition coefficient (Wildman–Crippen LogP) is 2.49. The van der Waals surface area contributed by atoms with Gasteiger partial charge in [-0.05, 0) is 30.7 Å². The van der Waals surface area contributed by atoms with Crippen molar-refractivity contribution < 1.29 is 9.59 Å². The van der Waals surface area contributed by atoms with Crippen LogP contribution in [-0.2, 0) is 17.6 Å². The third-order valence-electron chi connectivity index (χ3n) is 3.82. The average molecular weight is 350 g/mol. The zero-order valence-electron chi connectivity index (χ0n) is 13.0. The summed E-state index contributed by atoms with van der Waals surface area (Å²) in [6.07, 6.45) is 4.83. The first kappa shape index (κ1) is 16.2. The number of primary amides is 1. The molecule has 0 spiro atoms. The fourth-order valence-corrected chi connectivity index (χ4v) is 5.21. The van der Waals surface area contributed by atoms with Gasteiger partial charge in [0.2, 0.25) is 5.91 Å². The molecule has 8 heteroatoms. The monoisotopic (exact) mass is 350 g/mol. The normalized spacial score (nSPS) is 14.9. The molecule has 1 aliphatic carbocycles. The molecule has 2 aromatic heterocycles. The summed E-state index contributed by atoms with van der Waals surface area (Å²) < 4.78 is 0. The molecule has 0 radical (unpaired) electrons. The van der Waals surface area contributed by atoms with Gasteiger partial charge < -0.3 is 5.73 Å². The highest BCUT2D eigenvalue weighted by Crippen LogP contribution is 2.41. The minimum absolute atomic E-state index is 0.0380. The number of carbonyl (C=O) groups excluding carboxylic acids is 2. The molecule has 0 saturated heterocycles. The molecule has 0 bridgehead atoms. The summed E-state index contributed by atoms with van der Waals surface area (Å²) in [5, 5.41) is 3.63. The van der Waals surface area contributed by atoms with E-state index in [4.69, 9.17) is 5.73 Å². The second-order valence-corrected chi connectivity index (χ2v) is 8.07. The van der Waals surface area contributed by atoms with E-state index in [-0.39, 0.29) is 11.8 Å². The third kappa shape index (κ3) is 3.18. The van der Waals surface area contributed by atoms with Crippen LogP contribution in [0.2, 0.25) is 0 Å². The molecule has 2 heterocycles. The number of fused-ring (bicyclic) bond motifs is 3. The molecule has 0 aromatic carbocycles. The van der Waals surface area contributed by atoms with Crippen LogP contribution in [-0.4, -0.2) is 27.2 Å². The molecule has 122 valence electrons. The summed E-state index contributed by atoms with van der Waals surface area (Å²) in [7, 11) is 0. The second kappa shape index (κ2) is 6.45. The van der Waals surface area contributed by atoms with Crippen LogP contribution < -0.4 is 11.1 Å². The summed E-state index contributed by atoms with van der Waals surface area (Å²) in [5.74, 6) is -0.341. The molecule has 0 fully saturated rings. The Kier molecular flexibility index (Phi) is 4.54. The number of nitrogens with two attached hydrogens (primary N) is 1. The van der Waals surface area contributed by atoms with Crippen molar-refractivity contribution in [2.45, 2.75) is 43.4 Å². The Labute approximate surface area is 142 Å². The van der Waals surface area contributed by atoms with Crippen LogP contribution in [0.25, 0.3) is 10.2 Å². The van der Waals surface area contributed by atoms with Crippen molar-refractivity contribution >= 4 is 45.3 Å². The highest BCUT2D eigenvalue weighted by molar-refractivity contribution is 8.00. The number of aryl methyl sites for hydroxylation is 2. The third-order valence-corrected chi connectivity index (χ3v) is 6.56. The van der Waals surface area contributed by atoms with Crippen LogP contribution in [0.5, 0.6) is 0 Å². The Morgan fingerprint density at radius 1 is 1.35 bits per heavy atom. The van der Waals surface area contributed by atoms with E-state index in [0.717, 1.165) is 34.5 Å². The first-order valence-corrected chi connectivity index (χ1v) is 9.19. The molecule has 0 aliphatic heterocycles. The number of rotatable bonds is 4. The molecule has 6 nitrogen and oxygen atoms in total. The summed E-state index contributed by atoms with van der Waals surface area (Å²) in [6, 6.07) is -0.828. The van der Waals surface area contributed by atoms with E-state index in [1.165, 1.54) is 22.2 Å². The van der Waals surface area contributed by atoms with Gasteiger partial charge in [0.1, 0.15) is 16.2 Å². The number of thiophene rings is 1. The highest BCUT2D eigenvalue weighted by Gasteiger charge is 2.28. The Morgan fingerprint density at radius 3 is 2.83 bits per heavy atom. The zero-order valence-corrected chi connectivity index (χ0v) is 14.6. The quantitative estimate of drug-likeness (QED) is 0.652. The average Bonchev–Trinajstić information content (AvgIpc) is 3.03. The summed E-state index contributed by atoms with van der Waals surface area (Å²) in [5.41, 5.74) is 6.39. The first-order valence-electron chi connectivity index (χ1n) is 7.49. The Balaban J connectivity index is 1.96. The van der Waals surface area contributed by atoms with Crippen molar-refractivity contribution in [3.8, 4) is 0 Å². The van der Waals surface area contributed by atoms with Crippen LogP contribution in [0, 0.1) is 5.92 Å². The molecule has 2 aromatic rings. The molecular formula is C15H18N4O2S2. The van der Waals surface area contributed by atoms with E-state index in [1.807, 2.05) is 13.8 Å². The zero-order chi connectivity index (χ0) is 16.6. The van der Waals surface area contributed by atoms with Gasteiger partial charge in [-0.15, -0.1) is 11.3 Å². The number of hydrogen-bond donors (Lipinski definition) is 2. The van der Waals surface area contributed by atoms with Crippen molar-refractivity contribution in [2.24, 2.45) is 11.7 Å². The second-order valence-electron chi connectivity index (χ2n) is 5.85. The Morgan fingerprint density at radius 2 is 2.13 bits per heavy atom. The highest BCUT2D eigenvalue weighted by atomic mass is 32.2.